The zero-order valence-corrected chi connectivity index (χ0v) is 9.24. The maximum absolute atomic E-state index is 13.3. The molecule has 0 bridgehead atoms. The molecule has 0 saturated heterocycles. The second-order valence-corrected chi connectivity index (χ2v) is 3.64. The van der Waals surface area contributed by atoms with Crippen LogP contribution in [0.15, 0.2) is 34.9 Å². The highest BCUT2D eigenvalue weighted by atomic mass is 19.1. The molecule has 0 unspecified atom stereocenters. The van der Waals surface area contributed by atoms with Gasteiger partial charge in [-0.05, 0) is 29.8 Å². The van der Waals surface area contributed by atoms with E-state index in [1.54, 1.807) is 6.07 Å². The molecule has 0 aliphatic heterocycles. The molecule has 2 rings (SSSR count). The van der Waals surface area contributed by atoms with E-state index in [0.29, 0.717) is 17.7 Å². The van der Waals surface area contributed by atoms with E-state index in [-0.39, 0.29) is 5.56 Å². The first kappa shape index (κ1) is 11.4. The van der Waals surface area contributed by atoms with Crippen molar-refractivity contribution < 1.29 is 18.7 Å². The van der Waals surface area contributed by atoms with E-state index in [9.17, 15) is 9.18 Å². The predicted molar refractivity (Wildman–Crippen MR) is 60.4 cm³/mol. The molecule has 0 aliphatic rings. The largest absolute Gasteiger partial charge is 0.478 e. The van der Waals surface area contributed by atoms with Crippen molar-refractivity contribution >= 4 is 5.97 Å². The third-order valence-electron chi connectivity index (χ3n) is 2.52. The Morgan fingerprint density at radius 1 is 1.41 bits per heavy atom. The summed E-state index contributed by atoms with van der Waals surface area (Å²) in [6.45, 7) is 1.92. The summed E-state index contributed by atoms with van der Waals surface area (Å²) in [5.41, 5.74) is 1.19. The van der Waals surface area contributed by atoms with Crippen molar-refractivity contribution in [3.05, 3.63) is 47.7 Å². The van der Waals surface area contributed by atoms with Crippen LogP contribution < -0.4 is 0 Å². The fourth-order valence-corrected chi connectivity index (χ4v) is 1.74. The van der Waals surface area contributed by atoms with Gasteiger partial charge in [-0.1, -0.05) is 6.92 Å². The summed E-state index contributed by atoms with van der Waals surface area (Å²) in [6.07, 6.45) is 2.18. The molecule has 1 aromatic heterocycles. The Hall–Kier alpha value is -2.10. The molecule has 0 aliphatic carbocycles. The summed E-state index contributed by atoms with van der Waals surface area (Å²) in [4.78, 5) is 10.8. The van der Waals surface area contributed by atoms with E-state index in [1.165, 1.54) is 18.4 Å². The summed E-state index contributed by atoms with van der Waals surface area (Å²) < 4.78 is 18.6. The Morgan fingerprint density at radius 3 is 2.82 bits per heavy atom. The van der Waals surface area contributed by atoms with Gasteiger partial charge in [0.25, 0.3) is 0 Å². The number of aromatic carboxylic acids is 1. The SMILES string of the molecule is CCc1occc1-c1cc(F)cc(C(=O)O)c1. The number of benzene rings is 1. The highest BCUT2D eigenvalue weighted by molar-refractivity contribution is 5.89. The lowest BCUT2D eigenvalue weighted by Crippen LogP contribution is -1.97. The lowest BCUT2D eigenvalue weighted by Gasteiger charge is -2.03. The maximum Gasteiger partial charge on any atom is 0.335 e. The number of carbonyl (C=O) groups is 1. The molecule has 4 heteroatoms. The number of carboxylic acids is 1. The van der Waals surface area contributed by atoms with Crippen LogP contribution in [0.1, 0.15) is 23.0 Å². The Bertz CT molecular complexity index is 558. The van der Waals surface area contributed by atoms with Gasteiger partial charge in [0.2, 0.25) is 0 Å². The molecule has 1 aromatic carbocycles. The van der Waals surface area contributed by atoms with Crippen LogP contribution in [0.3, 0.4) is 0 Å². The minimum absolute atomic E-state index is 0.0664. The van der Waals surface area contributed by atoms with E-state index in [2.05, 4.69) is 0 Å². The van der Waals surface area contributed by atoms with Gasteiger partial charge in [-0.3, -0.25) is 0 Å². The monoisotopic (exact) mass is 234 g/mol. The van der Waals surface area contributed by atoms with Gasteiger partial charge < -0.3 is 9.52 Å². The molecule has 0 spiro atoms. The topological polar surface area (TPSA) is 50.4 Å². The van der Waals surface area contributed by atoms with Gasteiger partial charge in [-0.25, -0.2) is 9.18 Å². The zero-order valence-electron chi connectivity index (χ0n) is 9.24. The van der Waals surface area contributed by atoms with Crippen molar-refractivity contribution in [1.82, 2.24) is 0 Å². The van der Waals surface area contributed by atoms with E-state index in [0.717, 1.165) is 11.6 Å². The highest BCUT2D eigenvalue weighted by Crippen LogP contribution is 2.27. The molecule has 0 atom stereocenters. The minimum Gasteiger partial charge on any atom is -0.478 e. The van der Waals surface area contributed by atoms with Crippen LogP contribution in [0.2, 0.25) is 0 Å². The van der Waals surface area contributed by atoms with Crippen LogP contribution in [0.5, 0.6) is 0 Å². The van der Waals surface area contributed by atoms with Crippen molar-refractivity contribution in [3.63, 3.8) is 0 Å². The van der Waals surface area contributed by atoms with Crippen LogP contribution in [-0.4, -0.2) is 11.1 Å². The second kappa shape index (κ2) is 4.41. The maximum atomic E-state index is 13.3. The minimum atomic E-state index is -1.15. The summed E-state index contributed by atoms with van der Waals surface area (Å²) >= 11 is 0. The van der Waals surface area contributed by atoms with Crippen molar-refractivity contribution in [3.8, 4) is 11.1 Å². The van der Waals surface area contributed by atoms with Crippen LogP contribution >= 0.6 is 0 Å². The van der Waals surface area contributed by atoms with E-state index in [4.69, 9.17) is 9.52 Å². The van der Waals surface area contributed by atoms with Gasteiger partial charge >= 0.3 is 5.97 Å². The smallest absolute Gasteiger partial charge is 0.335 e. The number of halogens is 1. The normalized spacial score (nSPS) is 10.5. The molecule has 0 amide bonds. The Labute approximate surface area is 97.5 Å². The molecule has 1 heterocycles. The molecule has 2 aromatic rings. The van der Waals surface area contributed by atoms with Crippen LogP contribution in [0, 0.1) is 5.82 Å². The third-order valence-corrected chi connectivity index (χ3v) is 2.52. The highest BCUT2D eigenvalue weighted by Gasteiger charge is 2.12. The second-order valence-electron chi connectivity index (χ2n) is 3.64. The van der Waals surface area contributed by atoms with Gasteiger partial charge in [0, 0.05) is 12.0 Å². The quantitative estimate of drug-likeness (QED) is 0.885. The standard InChI is InChI=1S/C13H11FO3/c1-2-12-11(3-4-17-12)8-5-9(13(15)16)7-10(14)6-8/h3-7H,2H2,1H3,(H,15,16). The number of hydrogen-bond acceptors (Lipinski definition) is 2. The summed E-state index contributed by atoms with van der Waals surface area (Å²) in [7, 11) is 0. The average molecular weight is 234 g/mol. The average Bonchev–Trinajstić information content (AvgIpc) is 2.76. The van der Waals surface area contributed by atoms with Crippen LogP contribution in [0.25, 0.3) is 11.1 Å². The molecule has 1 N–H and O–H groups in total. The molecule has 17 heavy (non-hydrogen) atoms. The predicted octanol–water partition coefficient (Wildman–Crippen LogP) is 3.35. The molecule has 0 saturated carbocycles. The number of rotatable bonds is 3. The summed E-state index contributed by atoms with van der Waals surface area (Å²) in [5.74, 6) is -0.998. The Kier molecular flexibility index (Phi) is 2.95. The summed E-state index contributed by atoms with van der Waals surface area (Å²) in [6, 6.07) is 5.45. The van der Waals surface area contributed by atoms with E-state index >= 15 is 0 Å². The van der Waals surface area contributed by atoms with Gasteiger partial charge in [0.05, 0.1) is 11.8 Å². The number of hydrogen-bond donors (Lipinski definition) is 1. The van der Waals surface area contributed by atoms with Gasteiger partial charge in [0.1, 0.15) is 11.6 Å². The van der Waals surface area contributed by atoms with Gasteiger partial charge in [0.15, 0.2) is 0 Å². The summed E-state index contributed by atoms with van der Waals surface area (Å²) in [5, 5.41) is 8.87. The number of furan rings is 1. The van der Waals surface area contributed by atoms with E-state index < -0.39 is 11.8 Å². The molecule has 0 fully saturated rings. The van der Waals surface area contributed by atoms with Gasteiger partial charge in [-0.15, -0.1) is 0 Å². The molecule has 0 radical (unpaired) electrons. The van der Waals surface area contributed by atoms with E-state index in [1.807, 2.05) is 6.92 Å². The molecular formula is C13H11FO3. The first-order valence-electron chi connectivity index (χ1n) is 5.22. The number of aryl methyl sites for hydroxylation is 1. The first-order valence-corrected chi connectivity index (χ1v) is 5.22. The van der Waals surface area contributed by atoms with Crippen LogP contribution in [-0.2, 0) is 6.42 Å². The molecular weight excluding hydrogens is 223 g/mol. The molecule has 88 valence electrons. The van der Waals surface area contributed by atoms with Crippen molar-refractivity contribution in [2.45, 2.75) is 13.3 Å². The third kappa shape index (κ3) is 2.20. The fraction of sp³-hybridized carbons (Fsp3) is 0.154. The van der Waals surface area contributed by atoms with Crippen molar-refractivity contribution in [2.24, 2.45) is 0 Å². The fourth-order valence-electron chi connectivity index (χ4n) is 1.74. The number of carboxylic acid groups (broad SMARTS) is 1. The lowest BCUT2D eigenvalue weighted by atomic mass is 10.0. The first-order chi connectivity index (χ1) is 8.11. The Morgan fingerprint density at radius 2 is 2.18 bits per heavy atom. The van der Waals surface area contributed by atoms with Crippen molar-refractivity contribution in [2.75, 3.05) is 0 Å². The Balaban J connectivity index is 2.56. The van der Waals surface area contributed by atoms with Gasteiger partial charge in [-0.2, -0.15) is 0 Å². The van der Waals surface area contributed by atoms with Crippen molar-refractivity contribution in [1.29, 1.82) is 0 Å². The zero-order chi connectivity index (χ0) is 12.4. The van der Waals surface area contributed by atoms with Crippen LogP contribution in [0.4, 0.5) is 4.39 Å². The lowest BCUT2D eigenvalue weighted by molar-refractivity contribution is 0.0696. The molecule has 3 nitrogen and oxygen atoms in total.